The van der Waals surface area contributed by atoms with Gasteiger partial charge in [-0.15, -0.1) is 0 Å². The molecule has 0 bridgehead atoms. The van der Waals surface area contributed by atoms with Crippen molar-refractivity contribution >= 4 is 28.3 Å². The second-order valence-electron chi connectivity index (χ2n) is 9.03. The second-order valence-corrected chi connectivity index (χ2v) is 9.03. The van der Waals surface area contributed by atoms with Crippen molar-refractivity contribution in [1.29, 1.82) is 5.41 Å². The summed E-state index contributed by atoms with van der Waals surface area (Å²) < 4.78 is 5.82. The van der Waals surface area contributed by atoms with E-state index in [1.54, 1.807) is 6.20 Å². The molecule has 172 valence electrons. The van der Waals surface area contributed by atoms with Crippen LogP contribution in [0.2, 0.25) is 0 Å². The van der Waals surface area contributed by atoms with Crippen LogP contribution in [0.3, 0.4) is 0 Å². The van der Waals surface area contributed by atoms with E-state index in [0.717, 1.165) is 36.8 Å². The fourth-order valence-electron chi connectivity index (χ4n) is 5.10. The number of pyridine rings is 1. The lowest BCUT2D eigenvalue weighted by atomic mass is 9.73. The number of anilines is 2. The molecule has 2 saturated heterocycles. The smallest absolute Gasteiger partial charge is 0.155 e. The van der Waals surface area contributed by atoms with Gasteiger partial charge in [0, 0.05) is 41.7 Å². The predicted molar refractivity (Wildman–Crippen MR) is 127 cm³/mol. The summed E-state index contributed by atoms with van der Waals surface area (Å²) in [7, 11) is 0. The van der Waals surface area contributed by atoms with Gasteiger partial charge in [-0.2, -0.15) is 0 Å². The number of ether oxygens (including phenoxy) is 1. The number of nitrogens with zero attached hydrogens (tertiary/aromatic N) is 4. The van der Waals surface area contributed by atoms with Gasteiger partial charge >= 0.3 is 0 Å². The molecule has 1 aromatic carbocycles. The van der Waals surface area contributed by atoms with E-state index in [4.69, 9.17) is 21.6 Å². The Kier molecular flexibility index (Phi) is 5.48. The van der Waals surface area contributed by atoms with Crippen molar-refractivity contribution in [3.8, 4) is 0 Å². The van der Waals surface area contributed by atoms with Crippen LogP contribution in [-0.2, 0) is 11.3 Å². The summed E-state index contributed by atoms with van der Waals surface area (Å²) in [5.74, 6) is 0.740. The first kappa shape index (κ1) is 21.7. The fourth-order valence-corrected chi connectivity index (χ4v) is 5.10. The number of hydrogen-bond donors (Lipinski definition) is 4. The number of benzene rings is 1. The maximum absolute atomic E-state index is 10.1. The van der Waals surface area contributed by atoms with E-state index in [9.17, 15) is 5.11 Å². The highest BCUT2D eigenvalue weighted by Gasteiger charge is 2.47. The van der Waals surface area contributed by atoms with E-state index in [2.05, 4.69) is 19.9 Å². The molecule has 2 aromatic heterocycles. The standard InChI is InChI=1S/C24H29N7O2/c1-14-21(26)24(13-33-14)7-10-31(11-8-24)23-18(12-32)29-20(22(27)30-23)19(25)16-4-2-6-17-15(16)5-3-9-28-17/h2-6,9,14,21,25,32H,7-8,10-13,26H2,1H3,(H2,27,30)/t14-,21+/m0/s1. The molecule has 2 atom stereocenters. The first-order chi connectivity index (χ1) is 15.9. The van der Waals surface area contributed by atoms with E-state index >= 15 is 0 Å². The van der Waals surface area contributed by atoms with Crippen molar-refractivity contribution in [2.75, 3.05) is 30.3 Å². The highest BCUT2D eigenvalue weighted by Crippen LogP contribution is 2.42. The summed E-state index contributed by atoms with van der Waals surface area (Å²) in [6, 6.07) is 9.37. The Balaban J connectivity index is 1.44. The molecule has 2 fully saturated rings. The lowest BCUT2D eigenvalue weighted by Crippen LogP contribution is -2.51. The second kappa shape index (κ2) is 8.33. The molecule has 33 heavy (non-hydrogen) atoms. The Morgan fingerprint density at radius 1 is 1.24 bits per heavy atom. The maximum Gasteiger partial charge on any atom is 0.155 e. The van der Waals surface area contributed by atoms with E-state index in [-0.39, 0.29) is 41.4 Å². The van der Waals surface area contributed by atoms with Crippen molar-refractivity contribution in [2.45, 2.75) is 38.5 Å². The van der Waals surface area contributed by atoms with Gasteiger partial charge in [0.05, 0.1) is 30.5 Å². The van der Waals surface area contributed by atoms with E-state index in [1.807, 2.05) is 37.3 Å². The molecule has 2 aliphatic rings. The van der Waals surface area contributed by atoms with Crippen LogP contribution in [0.15, 0.2) is 36.5 Å². The Morgan fingerprint density at radius 3 is 2.73 bits per heavy atom. The molecule has 4 heterocycles. The molecule has 5 rings (SSSR count). The molecule has 2 aliphatic heterocycles. The first-order valence-corrected chi connectivity index (χ1v) is 11.3. The minimum Gasteiger partial charge on any atom is -0.390 e. The third-order valence-corrected chi connectivity index (χ3v) is 7.18. The van der Waals surface area contributed by atoms with Gasteiger partial charge in [0.25, 0.3) is 0 Å². The topological polar surface area (TPSA) is 147 Å². The maximum atomic E-state index is 10.1. The number of aliphatic hydroxyl groups excluding tert-OH is 1. The minimum absolute atomic E-state index is 0.0151. The van der Waals surface area contributed by atoms with Gasteiger partial charge < -0.3 is 26.2 Å². The number of rotatable bonds is 4. The van der Waals surface area contributed by atoms with Crippen LogP contribution in [-0.4, -0.2) is 57.6 Å². The number of nitrogen functional groups attached to an aromatic ring is 1. The Morgan fingerprint density at radius 2 is 2.03 bits per heavy atom. The molecule has 0 saturated carbocycles. The van der Waals surface area contributed by atoms with Gasteiger partial charge in [0.15, 0.2) is 11.6 Å². The SMILES string of the molecule is C[C@@H]1OCC2(CCN(c3nc(N)c(C(=N)c4cccc5ncccc45)nc3CO)CC2)[C@@H]1N. The molecule has 3 aromatic rings. The number of nitrogens with one attached hydrogen (secondary N) is 1. The van der Waals surface area contributed by atoms with E-state index < -0.39 is 0 Å². The lowest BCUT2D eigenvalue weighted by Gasteiger charge is -2.42. The van der Waals surface area contributed by atoms with Crippen LogP contribution in [0.5, 0.6) is 0 Å². The number of aromatic nitrogens is 3. The molecule has 6 N–H and O–H groups in total. The van der Waals surface area contributed by atoms with Gasteiger partial charge in [-0.05, 0) is 31.9 Å². The van der Waals surface area contributed by atoms with Crippen LogP contribution in [0.25, 0.3) is 10.9 Å². The minimum atomic E-state index is -0.290. The van der Waals surface area contributed by atoms with Crippen molar-refractivity contribution < 1.29 is 9.84 Å². The van der Waals surface area contributed by atoms with Crippen molar-refractivity contribution in [3.63, 3.8) is 0 Å². The van der Waals surface area contributed by atoms with Crippen LogP contribution in [0.1, 0.15) is 36.7 Å². The molecule has 0 aliphatic carbocycles. The quantitative estimate of drug-likeness (QED) is 0.443. The molecule has 0 amide bonds. The van der Waals surface area contributed by atoms with E-state index in [0.29, 0.717) is 23.7 Å². The zero-order valence-electron chi connectivity index (χ0n) is 18.7. The van der Waals surface area contributed by atoms with Crippen molar-refractivity contribution in [1.82, 2.24) is 15.0 Å². The summed E-state index contributed by atoms with van der Waals surface area (Å²) >= 11 is 0. The van der Waals surface area contributed by atoms with Crippen LogP contribution >= 0.6 is 0 Å². The lowest BCUT2D eigenvalue weighted by molar-refractivity contribution is 0.0973. The molecule has 1 spiro atoms. The van der Waals surface area contributed by atoms with Crippen LogP contribution in [0.4, 0.5) is 11.6 Å². The summed E-state index contributed by atoms with van der Waals surface area (Å²) in [4.78, 5) is 15.7. The van der Waals surface area contributed by atoms with Gasteiger partial charge in [0.1, 0.15) is 11.4 Å². The fraction of sp³-hybridized carbons (Fsp3) is 0.417. The predicted octanol–water partition coefficient (Wildman–Crippen LogP) is 1.85. The third kappa shape index (κ3) is 3.62. The number of nitrogens with two attached hydrogens (primary N) is 2. The first-order valence-electron chi connectivity index (χ1n) is 11.3. The summed E-state index contributed by atoms with van der Waals surface area (Å²) in [5.41, 5.74) is 15.0. The number of hydrogen-bond acceptors (Lipinski definition) is 9. The van der Waals surface area contributed by atoms with Crippen LogP contribution in [0, 0.1) is 10.8 Å². The monoisotopic (exact) mass is 447 g/mol. The molecule has 9 heteroatoms. The van der Waals surface area contributed by atoms with Gasteiger partial charge in [-0.25, -0.2) is 9.97 Å². The average Bonchev–Trinajstić information content (AvgIpc) is 3.12. The van der Waals surface area contributed by atoms with Crippen LogP contribution < -0.4 is 16.4 Å². The zero-order valence-corrected chi connectivity index (χ0v) is 18.7. The number of aliphatic hydroxyl groups is 1. The van der Waals surface area contributed by atoms with Gasteiger partial charge in [-0.3, -0.25) is 10.4 Å². The third-order valence-electron chi connectivity index (χ3n) is 7.18. The van der Waals surface area contributed by atoms with Gasteiger partial charge in [0.2, 0.25) is 0 Å². The Labute approximate surface area is 192 Å². The van der Waals surface area contributed by atoms with Crippen molar-refractivity contribution in [2.24, 2.45) is 11.1 Å². The highest BCUT2D eigenvalue weighted by molar-refractivity contribution is 6.18. The normalized spacial score (nSPS) is 22.2. The van der Waals surface area contributed by atoms with Gasteiger partial charge in [-0.1, -0.05) is 18.2 Å². The molecule has 0 unspecified atom stereocenters. The summed E-state index contributed by atoms with van der Waals surface area (Å²) in [6.07, 6.45) is 3.54. The Bertz CT molecular complexity index is 1200. The molecular formula is C24H29N7O2. The number of piperidine rings is 1. The molecule has 9 nitrogen and oxygen atoms in total. The molecule has 0 radical (unpaired) electrons. The highest BCUT2D eigenvalue weighted by atomic mass is 16.5. The Hall–Kier alpha value is -3.14. The van der Waals surface area contributed by atoms with Crippen molar-refractivity contribution in [3.05, 3.63) is 53.5 Å². The molecular weight excluding hydrogens is 418 g/mol. The summed E-state index contributed by atoms with van der Waals surface area (Å²) in [6.45, 7) is 3.88. The summed E-state index contributed by atoms with van der Waals surface area (Å²) in [5, 5.41) is 19.7. The average molecular weight is 448 g/mol. The van der Waals surface area contributed by atoms with E-state index in [1.165, 1.54) is 0 Å². The number of fused-ring (bicyclic) bond motifs is 1. The zero-order chi connectivity index (χ0) is 23.2. The largest absolute Gasteiger partial charge is 0.390 e.